The van der Waals surface area contributed by atoms with Crippen molar-refractivity contribution in [2.24, 2.45) is 5.92 Å². The Labute approximate surface area is 78.1 Å². The smallest absolute Gasteiger partial charge is 0.0616 e. The Hall–Kier alpha value is 0.270. The van der Waals surface area contributed by atoms with E-state index in [1.807, 2.05) is 11.8 Å². The summed E-state index contributed by atoms with van der Waals surface area (Å²) in [5.74, 6) is 3.25. The van der Waals surface area contributed by atoms with Gasteiger partial charge in [-0.3, -0.25) is 0 Å². The molecule has 2 saturated heterocycles. The molecule has 0 bridgehead atoms. The lowest BCUT2D eigenvalue weighted by Gasteiger charge is -2.33. The molecule has 3 heteroatoms. The van der Waals surface area contributed by atoms with E-state index in [9.17, 15) is 5.11 Å². The highest BCUT2D eigenvalue weighted by Crippen LogP contribution is 2.37. The zero-order valence-corrected chi connectivity index (χ0v) is 8.20. The highest BCUT2D eigenvalue weighted by molar-refractivity contribution is 7.99. The maximum absolute atomic E-state index is 9.41. The summed E-state index contributed by atoms with van der Waals surface area (Å²) in [6, 6.07) is 0. The molecule has 2 heterocycles. The molecule has 2 N–H and O–H groups in total. The molecular weight excluding hydrogens is 170 g/mol. The summed E-state index contributed by atoms with van der Waals surface area (Å²) >= 11 is 2.03. The summed E-state index contributed by atoms with van der Waals surface area (Å²) in [5.41, 5.74) is 0.101. The zero-order valence-electron chi connectivity index (χ0n) is 7.38. The molecule has 0 aromatic carbocycles. The van der Waals surface area contributed by atoms with Crippen LogP contribution in [0.2, 0.25) is 0 Å². The molecule has 70 valence electrons. The monoisotopic (exact) mass is 187 g/mol. The van der Waals surface area contributed by atoms with Crippen LogP contribution in [0.5, 0.6) is 0 Å². The molecule has 2 atom stereocenters. The van der Waals surface area contributed by atoms with E-state index in [1.165, 1.54) is 30.8 Å². The molecule has 2 aliphatic rings. The van der Waals surface area contributed by atoms with Crippen molar-refractivity contribution < 1.29 is 5.11 Å². The molecule has 0 aromatic rings. The molecule has 2 unspecified atom stereocenters. The number of thioether (sulfide) groups is 1. The maximum atomic E-state index is 9.41. The Bertz CT molecular complexity index is 151. The van der Waals surface area contributed by atoms with Crippen LogP contribution in [0.4, 0.5) is 0 Å². The molecule has 2 aliphatic heterocycles. The Morgan fingerprint density at radius 1 is 1.58 bits per heavy atom. The van der Waals surface area contributed by atoms with E-state index in [0.717, 1.165) is 12.5 Å². The van der Waals surface area contributed by atoms with Crippen molar-refractivity contribution in [1.82, 2.24) is 5.32 Å². The summed E-state index contributed by atoms with van der Waals surface area (Å²) < 4.78 is 0. The van der Waals surface area contributed by atoms with Gasteiger partial charge < -0.3 is 10.4 Å². The van der Waals surface area contributed by atoms with Crippen molar-refractivity contribution >= 4 is 11.8 Å². The van der Waals surface area contributed by atoms with Gasteiger partial charge in [0.2, 0.25) is 0 Å². The fraction of sp³-hybridized carbons (Fsp3) is 1.00. The predicted molar refractivity (Wildman–Crippen MR) is 52.5 cm³/mol. The van der Waals surface area contributed by atoms with Crippen molar-refractivity contribution in [2.75, 3.05) is 24.7 Å². The van der Waals surface area contributed by atoms with Crippen molar-refractivity contribution in [2.45, 2.75) is 24.8 Å². The normalized spacial score (nSPS) is 42.2. The first-order chi connectivity index (χ1) is 5.87. The lowest BCUT2D eigenvalue weighted by atomic mass is 9.83. The Balaban J connectivity index is 2.04. The second-order valence-corrected chi connectivity index (χ2v) is 5.05. The second-order valence-electron chi connectivity index (χ2n) is 3.91. The van der Waals surface area contributed by atoms with Gasteiger partial charge in [-0.1, -0.05) is 0 Å². The second kappa shape index (κ2) is 3.56. The standard InChI is InChI=1S/C9H17NOS/c11-7-9(3-1-4-10-9)8-2-5-12-6-8/h8,10-11H,1-7H2. The molecule has 2 fully saturated rings. The third-order valence-electron chi connectivity index (χ3n) is 3.27. The van der Waals surface area contributed by atoms with Crippen molar-refractivity contribution in [3.63, 3.8) is 0 Å². The summed E-state index contributed by atoms with van der Waals surface area (Å²) in [6.07, 6.45) is 3.70. The highest BCUT2D eigenvalue weighted by Gasteiger charge is 2.41. The molecule has 2 rings (SSSR count). The van der Waals surface area contributed by atoms with Crippen molar-refractivity contribution in [3.8, 4) is 0 Å². The Kier molecular flexibility index (Phi) is 2.63. The van der Waals surface area contributed by atoms with Crippen LogP contribution in [-0.2, 0) is 0 Å². The van der Waals surface area contributed by atoms with E-state index in [2.05, 4.69) is 5.32 Å². The van der Waals surface area contributed by atoms with Gasteiger partial charge in [0.1, 0.15) is 0 Å². The molecule has 0 aromatic heterocycles. The minimum Gasteiger partial charge on any atom is -0.394 e. The van der Waals surface area contributed by atoms with Crippen LogP contribution < -0.4 is 5.32 Å². The lowest BCUT2D eigenvalue weighted by molar-refractivity contribution is 0.131. The number of aliphatic hydroxyl groups excluding tert-OH is 1. The van der Waals surface area contributed by atoms with Gasteiger partial charge in [-0.15, -0.1) is 0 Å². The number of hydrogen-bond acceptors (Lipinski definition) is 3. The minimum atomic E-state index is 0.101. The van der Waals surface area contributed by atoms with E-state index in [4.69, 9.17) is 0 Å². The molecule has 0 radical (unpaired) electrons. The van der Waals surface area contributed by atoms with E-state index in [0.29, 0.717) is 6.61 Å². The fourth-order valence-electron chi connectivity index (χ4n) is 2.41. The molecule has 2 nitrogen and oxygen atoms in total. The Morgan fingerprint density at radius 3 is 3.00 bits per heavy atom. The summed E-state index contributed by atoms with van der Waals surface area (Å²) in [7, 11) is 0. The van der Waals surface area contributed by atoms with Crippen LogP contribution in [0.1, 0.15) is 19.3 Å². The third kappa shape index (κ3) is 1.38. The first kappa shape index (κ1) is 8.85. The van der Waals surface area contributed by atoms with E-state index in [-0.39, 0.29) is 5.54 Å². The molecule has 0 aliphatic carbocycles. The number of hydrogen-bond donors (Lipinski definition) is 2. The molecule has 0 amide bonds. The van der Waals surface area contributed by atoms with E-state index < -0.39 is 0 Å². The third-order valence-corrected chi connectivity index (χ3v) is 4.43. The van der Waals surface area contributed by atoms with Crippen LogP contribution in [-0.4, -0.2) is 35.3 Å². The maximum Gasteiger partial charge on any atom is 0.0616 e. The Morgan fingerprint density at radius 2 is 2.50 bits per heavy atom. The van der Waals surface area contributed by atoms with Gasteiger partial charge in [-0.25, -0.2) is 0 Å². The summed E-state index contributed by atoms with van der Waals surface area (Å²) in [5, 5.41) is 12.9. The van der Waals surface area contributed by atoms with Gasteiger partial charge in [0.15, 0.2) is 0 Å². The van der Waals surface area contributed by atoms with Crippen LogP contribution >= 0.6 is 11.8 Å². The van der Waals surface area contributed by atoms with Crippen molar-refractivity contribution in [1.29, 1.82) is 0 Å². The van der Waals surface area contributed by atoms with E-state index in [1.54, 1.807) is 0 Å². The number of nitrogens with one attached hydrogen (secondary N) is 1. The average molecular weight is 187 g/mol. The largest absolute Gasteiger partial charge is 0.394 e. The van der Waals surface area contributed by atoms with Gasteiger partial charge in [-0.05, 0) is 43.2 Å². The SMILES string of the molecule is OCC1(C2CCSC2)CCCN1. The molecule has 0 spiro atoms. The summed E-state index contributed by atoms with van der Waals surface area (Å²) in [4.78, 5) is 0. The first-order valence-corrected chi connectivity index (χ1v) is 5.96. The van der Waals surface area contributed by atoms with Crippen LogP contribution in [0.15, 0.2) is 0 Å². The van der Waals surface area contributed by atoms with E-state index >= 15 is 0 Å². The number of rotatable bonds is 2. The van der Waals surface area contributed by atoms with Crippen LogP contribution in [0, 0.1) is 5.92 Å². The quantitative estimate of drug-likeness (QED) is 0.672. The molecule has 0 saturated carbocycles. The topological polar surface area (TPSA) is 32.3 Å². The van der Waals surface area contributed by atoms with Gasteiger partial charge in [0.25, 0.3) is 0 Å². The average Bonchev–Trinajstić information content (AvgIpc) is 2.76. The lowest BCUT2D eigenvalue weighted by Crippen LogP contribution is -2.50. The van der Waals surface area contributed by atoms with Crippen LogP contribution in [0.3, 0.4) is 0 Å². The number of aliphatic hydroxyl groups is 1. The predicted octanol–water partition coefficient (Wildman–Crippen LogP) is 0.854. The summed E-state index contributed by atoms with van der Waals surface area (Å²) in [6.45, 7) is 1.43. The molecular formula is C9H17NOS. The fourth-order valence-corrected chi connectivity index (χ4v) is 3.80. The van der Waals surface area contributed by atoms with Crippen LogP contribution in [0.25, 0.3) is 0 Å². The highest BCUT2D eigenvalue weighted by atomic mass is 32.2. The van der Waals surface area contributed by atoms with Gasteiger partial charge in [0.05, 0.1) is 6.61 Å². The zero-order chi connectivity index (χ0) is 8.44. The van der Waals surface area contributed by atoms with Gasteiger partial charge in [0, 0.05) is 5.54 Å². The van der Waals surface area contributed by atoms with Gasteiger partial charge >= 0.3 is 0 Å². The molecule has 12 heavy (non-hydrogen) atoms. The first-order valence-electron chi connectivity index (χ1n) is 4.81. The van der Waals surface area contributed by atoms with Crippen molar-refractivity contribution in [3.05, 3.63) is 0 Å². The minimum absolute atomic E-state index is 0.101. The van der Waals surface area contributed by atoms with Gasteiger partial charge in [-0.2, -0.15) is 11.8 Å².